The Morgan fingerprint density at radius 2 is 1.58 bits per heavy atom. The number of imide groups is 2. The molecule has 1 saturated heterocycles. The Labute approximate surface area is 219 Å². The Kier molecular flexibility index (Phi) is 7.25. The number of amides is 4. The molecule has 0 aliphatic carbocycles. The first-order valence-electron chi connectivity index (χ1n) is 10.2. The number of anilines is 1. The molecule has 1 aliphatic heterocycles. The predicted octanol–water partition coefficient (Wildman–Crippen LogP) is 5.80. The number of benzene rings is 3. The third-order valence-corrected chi connectivity index (χ3v) is 6.01. The molecule has 4 amide bonds. The molecule has 3 aromatic carbocycles. The molecule has 0 spiro atoms. The van der Waals surface area contributed by atoms with E-state index >= 15 is 0 Å². The molecule has 0 aromatic heterocycles. The number of nitro groups is 1. The quantitative estimate of drug-likeness (QED) is 0.181. The van der Waals surface area contributed by atoms with Crippen LogP contribution in [0.5, 0.6) is 5.75 Å². The molecular formula is C24H14Cl3N3O6. The fourth-order valence-electron chi connectivity index (χ4n) is 3.35. The Bertz CT molecular complexity index is 1420. The summed E-state index contributed by atoms with van der Waals surface area (Å²) < 4.78 is 5.72. The third kappa shape index (κ3) is 5.18. The second-order valence-corrected chi connectivity index (χ2v) is 8.65. The van der Waals surface area contributed by atoms with Crippen LogP contribution in [-0.2, 0) is 16.2 Å². The zero-order valence-electron chi connectivity index (χ0n) is 18.0. The maximum atomic E-state index is 13.0. The van der Waals surface area contributed by atoms with E-state index in [2.05, 4.69) is 5.32 Å². The summed E-state index contributed by atoms with van der Waals surface area (Å²) in [6.07, 6.45) is 1.22. The lowest BCUT2D eigenvalue weighted by Crippen LogP contribution is -2.54. The first-order chi connectivity index (χ1) is 17.2. The summed E-state index contributed by atoms with van der Waals surface area (Å²) in [5.41, 5.74) is 0.465. The van der Waals surface area contributed by atoms with Crippen molar-refractivity contribution in [1.82, 2.24) is 5.32 Å². The van der Waals surface area contributed by atoms with Gasteiger partial charge in [0.05, 0.1) is 20.7 Å². The molecule has 36 heavy (non-hydrogen) atoms. The van der Waals surface area contributed by atoms with Gasteiger partial charge < -0.3 is 4.74 Å². The van der Waals surface area contributed by atoms with Crippen LogP contribution >= 0.6 is 34.8 Å². The van der Waals surface area contributed by atoms with Crippen molar-refractivity contribution in [3.05, 3.63) is 103 Å². The van der Waals surface area contributed by atoms with Gasteiger partial charge in [-0.25, -0.2) is 9.69 Å². The van der Waals surface area contributed by atoms with Gasteiger partial charge in [0.25, 0.3) is 17.5 Å². The molecule has 0 radical (unpaired) electrons. The van der Waals surface area contributed by atoms with Crippen molar-refractivity contribution in [2.75, 3.05) is 4.90 Å². The number of non-ortho nitro benzene ring substituents is 1. The van der Waals surface area contributed by atoms with Gasteiger partial charge in [0.15, 0.2) is 5.75 Å². The Morgan fingerprint density at radius 3 is 2.19 bits per heavy atom. The lowest BCUT2D eigenvalue weighted by Gasteiger charge is -2.26. The monoisotopic (exact) mass is 545 g/mol. The summed E-state index contributed by atoms with van der Waals surface area (Å²) in [5.74, 6) is -1.67. The number of hydrogen-bond acceptors (Lipinski definition) is 6. The van der Waals surface area contributed by atoms with Crippen molar-refractivity contribution in [3.63, 3.8) is 0 Å². The van der Waals surface area contributed by atoms with Gasteiger partial charge in [-0.15, -0.1) is 0 Å². The molecule has 182 valence electrons. The van der Waals surface area contributed by atoms with E-state index in [0.717, 1.165) is 17.7 Å². The summed E-state index contributed by atoms with van der Waals surface area (Å²) in [5, 5.41) is 13.7. The molecule has 1 N–H and O–H groups in total. The normalized spacial score (nSPS) is 14.7. The first kappa shape index (κ1) is 25.2. The van der Waals surface area contributed by atoms with Crippen molar-refractivity contribution in [2.24, 2.45) is 0 Å². The van der Waals surface area contributed by atoms with Gasteiger partial charge in [-0.2, -0.15) is 0 Å². The van der Waals surface area contributed by atoms with Gasteiger partial charge in [0.1, 0.15) is 12.2 Å². The van der Waals surface area contributed by atoms with Crippen molar-refractivity contribution in [1.29, 1.82) is 0 Å². The molecule has 4 rings (SSSR count). The van der Waals surface area contributed by atoms with Gasteiger partial charge in [-0.3, -0.25) is 25.0 Å². The van der Waals surface area contributed by atoms with E-state index in [-0.39, 0.29) is 39.3 Å². The molecular weight excluding hydrogens is 533 g/mol. The van der Waals surface area contributed by atoms with Crippen LogP contribution in [0.3, 0.4) is 0 Å². The fourth-order valence-corrected chi connectivity index (χ4v) is 4.15. The zero-order valence-corrected chi connectivity index (χ0v) is 20.3. The lowest BCUT2D eigenvalue weighted by molar-refractivity contribution is -0.384. The molecule has 1 fully saturated rings. The highest BCUT2D eigenvalue weighted by atomic mass is 35.5. The number of ether oxygens (including phenoxy) is 1. The molecule has 0 unspecified atom stereocenters. The molecule has 12 heteroatoms. The number of nitrogens with zero attached hydrogens (tertiary/aromatic N) is 2. The maximum absolute atomic E-state index is 13.0. The van der Waals surface area contributed by atoms with Crippen LogP contribution in [0.2, 0.25) is 15.1 Å². The Hall–Kier alpha value is -3.92. The number of carbonyl (C=O) groups is 3. The number of rotatable bonds is 6. The standard InChI is InChI=1S/C24H14Cl3N3O6/c25-18-4-2-1-3-14(18)12-36-21-19(26)10-13(11-20(21)27)9-17-22(31)28-24(33)29(23(17)32)15-5-7-16(8-6-15)30(34)35/h1-11H,12H2,(H,28,31,33)/b17-9+. The molecule has 9 nitrogen and oxygen atoms in total. The summed E-state index contributed by atoms with van der Waals surface area (Å²) >= 11 is 18.8. The molecule has 1 heterocycles. The maximum Gasteiger partial charge on any atom is 0.335 e. The van der Waals surface area contributed by atoms with Gasteiger partial charge in [0, 0.05) is 22.7 Å². The average Bonchev–Trinajstić information content (AvgIpc) is 2.82. The zero-order chi connectivity index (χ0) is 26.0. The number of nitro benzene ring substituents is 1. The van der Waals surface area contributed by atoms with Crippen molar-refractivity contribution in [3.8, 4) is 5.75 Å². The van der Waals surface area contributed by atoms with E-state index in [1.807, 2.05) is 0 Å². The van der Waals surface area contributed by atoms with Gasteiger partial charge in [-0.05, 0) is 42.0 Å². The minimum atomic E-state index is -0.990. The summed E-state index contributed by atoms with van der Waals surface area (Å²) in [6.45, 7) is 0.104. The second kappa shape index (κ2) is 10.4. The van der Waals surface area contributed by atoms with Crippen molar-refractivity contribution in [2.45, 2.75) is 6.61 Å². The lowest BCUT2D eigenvalue weighted by atomic mass is 10.1. The van der Waals surface area contributed by atoms with Crippen LogP contribution < -0.4 is 15.0 Å². The summed E-state index contributed by atoms with van der Waals surface area (Å²) in [7, 11) is 0. The first-order valence-corrected chi connectivity index (χ1v) is 11.3. The van der Waals surface area contributed by atoms with Crippen molar-refractivity contribution < 1.29 is 24.0 Å². The summed E-state index contributed by atoms with van der Waals surface area (Å²) in [6, 6.07) is 13.7. The van der Waals surface area contributed by atoms with Crippen LogP contribution in [0, 0.1) is 10.1 Å². The minimum Gasteiger partial charge on any atom is -0.486 e. The molecule has 0 atom stereocenters. The predicted molar refractivity (Wildman–Crippen MR) is 134 cm³/mol. The SMILES string of the molecule is O=C1NC(=O)N(c2ccc([N+](=O)[O-])cc2)C(=O)/C1=C/c1cc(Cl)c(OCc2ccccc2Cl)c(Cl)c1. The summed E-state index contributed by atoms with van der Waals surface area (Å²) in [4.78, 5) is 48.8. The van der Waals surface area contributed by atoms with Crippen LogP contribution in [0.25, 0.3) is 6.08 Å². The van der Waals surface area contributed by atoms with E-state index in [1.54, 1.807) is 24.3 Å². The van der Waals surface area contributed by atoms with Gasteiger partial charge in [0.2, 0.25) is 0 Å². The highest BCUT2D eigenvalue weighted by Crippen LogP contribution is 2.36. The Balaban J connectivity index is 1.61. The molecule has 0 bridgehead atoms. The van der Waals surface area contributed by atoms with E-state index in [4.69, 9.17) is 39.5 Å². The second-order valence-electron chi connectivity index (χ2n) is 7.43. The topological polar surface area (TPSA) is 119 Å². The van der Waals surface area contributed by atoms with Crippen molar-refractivity contribution >= 4 is 70.1 Å². The number of urea groups is 1. The van der Waals surface area contributed by atoms with Crippen LogP contribution in [0.1, 0.15) is 11.1 Å². The largest absolute Gasteiger partial charge is 0.486 e. The highest BCUT2D eigenvalue weighted by Gasteiger charge is 2.37. The highest BCUT2D eigenvalue weighted by molar-refractivity contribution is 6.40. The average molecular weight is 547 g/mol. The molecule has 0 saturated carbocycles. The fraction of sp³-hybridized carbons (Fsp3) is 0.0417. The third-order valence-electron chi connectivity index (χ3n) is 5.08. The van der Waals surface area contributed by atoms with E-state index in [1.165, 1.54) is 30.3 Å². The van der Waals surface area contributed by atoms with E-state index in [9.17, 15) is 24.5 Å². The molecule has 1 aliphatic rings. The van der Waals surface area contributed by atoms with E-state index in [0.29, 0.717) is 15.5 Å². The van der Waals surface area contributed by atoms with Gasteiger partial charge >= 0.3 is 6.03 Å². The van der Waals surface area contributed by atoms with Gasteiger partial charge in [-0.1, -0.05) is 53.0 Å². The number of hydrogen-bond donors (Lipinski definition) is 1. The molecule has 3 aromatic rings. The number of barbiturate groups is 1. The number of carbonyl (C=O) groups excluding carboxylic acids is 3. The smallest absolute Gasteiger partial charge is 0.335 e. The van der Waals surface area contributed by atoms with Crippen LogP contribution in [0.4, 0.5) is 16.2 Å². The van der Waals surface area contributed by atoms with E-state index < -0.39 is 22.8 Å². The van der Waals surface area contributed by atoms with Crippen LogP contribution in [-0.4, -0.2) is 22.8 Å². The number of nitrogens with one attached hydrogen (secondary N) is 1. The Morgan fingerprint density at radius 1 is 0.944 bits per heavy atom. The minimum absolute atomic E-state index is 0.0425. The van der Waals surface area contributed by atoms with Crippen LogP contribution in [0.15, 0.2) is 66.2 Å². The number of halogens is 3.